The summed E-state index contributed by atoms with van der Waals surface area (Å²) in [7, 11) is 3.05. The third-order valence-corrected chi connectivity index (χ3v) is 4.55. The van der Waals surface area contributed by atoms with Gasteiger partial charge in [-0.2, -0.15) is 0 Å². The van der Waals surface area contributed by atoms with Gasteiger partial charge in [-0.1, -0.05) is 11.8 Å². The molecule has 2 N–H and O–H groups in total. The summed E-state index contributed by atoms with van der Waals surface area (Å²) in [5, 5.41) is 14.1. The first-order valence-corrected chi connectivity index (χ1v) is 8.77. The maximum absolute atomic E-state index is 12.2. The smallest absolute Gasteiger partial charge is 0.271 e. The number of thioether (sulfide) groups is 1. The Balaban J connectivity index is 1.65. The van der Waals surface area contributed by atoms with E-state index in [9.17, 15) is 14.9 Å². The molecule has 0 unspecified atom stereocenters. The molecule has 1 heterocycles. The Morgan fingerprint density at radius 1 is 1.26 bits per heavy atom. The number of amides is 1. The van der Waals surface area contributed by atoms with Crippen LogP contribution in [0.3, 0.4) is 0 Å². The molecule has 10 heteroatoms. The molecule has 0 aliphatic rings. The highest BCUT2D eigenvalue weighted by molar-refractivity contribution is 7.99. The van der Waals surface area contributed by atoms with Crippen molar-refractivity contribution >= 4 is 40.1 Å². The maximum atomic E-state index is 12.2. The first kappa shape index (κ1) is 18.5. The Bertz CT molecular complexity index is 1000. The second-order valence-electron chi connectivity index (χ2n) is 5.40. The Hall–Kier alpha value is -3.27. The Morgan fingerprint density at radius 3 is 2.78 bits per heavy atom. The topological polar surface area (TPSA) is 119 Å². The van der Waals surface area contributed by atoms with Gasteiger partial charge in [-0.3, -0.25) is 14.9 Å². The monoisotopic (exact) mass is 388 g/mol. The summed E-state index contributed by atoms with van der Waals surface area (Å²) in [6.45, 7) is 0. The van der Waals surface area contributed by atoms with E-state index in [-0.39, 0.29) is 17.3 Å². The molecule has 0 saturated carbocycles. The normalized spacial score (nSPS) is 10.6. The van der Waals surface area contributed by atoms with Gasteiger partial charge in [0.15, 0.2) is 5.16 Å². The van der Waals surface area contributed by atoms with Gasteiger partial charge in [0.1, 0.15) is 11.5 Å². The minimum absolute atomic E-state index is 0.0213. The van der Waals surface area contributed by atoms with Crippen LogP contribution in [0.5, 0.6) is 11.5 Å². The number of ether oxygens (including phenoxy) is 2. The molecule has 1 amide bonds. The Morgan fingerprint density at radius 2 is 2.07 bits per heavy atom. The molecular weight excluding hydrogens is 372 g/mol. The van der Waals surface area contributed by atoms with E-state index in [1.165, 1.54) is 31.0 Å². The molecule has 2 aromatic carbocycles. The molecule has 1 aromatic heterocycles. The standard InChI is InChI=1S/C17H16N4O5S/c1-25-11-4-6-13(15(8-11)26-2)18-16(22)9-27-17-19-12-5-3-10(21(23)24)7-14(12)20-17/h3-8H,9H2,1-2H3,(H,18,22)(H,19,20). The molecule has 3 rings (SSSR count). The van der Waals surface area contributed by atoms with Gasteiger partial charge >= 0.3 is 0 Å². The van der Waals surface area contributed by atoms with Crippen molar-refractivity contribution in [3.05, 3.63) is 46.5 Å². The van der Waals surface area contributed by atoms with Crippen LogP contribution in [-0.2, 0) is 4.79 Å². The first-order chi connectivity index (χ1) is 13.0. The summed E-state index contributed by atoms with van der Waals surface area (Å²) < 4.78 is 10.4. The summed E-state index contributed by atoms with van der Waals surface area (Å²) in [4.78, 5) is 29.9. The van der Waals surface area contributed by atoms with Crippen LogP contribution in [0.15, 0.2) is 41.6 Å². The van der Waals surface area contributed by atoms with Crippen molar-refractivity contribution < 1.29 is 19.2 Å². The number of aromatic nitrogens is 2. The van der Waals surface area contributed by atoms with Crippen LogP contribution < -0.4 is 14.8 Å². The summed E-state index contributed by atoms with van der Waals surface area (Å²) in [5.74, 6) is 0.978. The van der Waals surface area contributed by atoms with Gasteiger partial charge in [0.05, 0.1) is 41.6 Å². The number of anilines is 1. The molecule has 3 aromatic rings. The summed E-state index contributed by atoms with van der Waals surface area (Å²) >= 11 is 1.19. The fourth-order valence-electron chi connectivity index (χ4n) is 2.38. The van der Waals surface area contributed by atoms with Crippen molar-refractivity contribution in [1.29, 1.82) is 0 Å². The van der Waals surface area contributed by atoms with Crippen molar-refractivity contribution in [3.8, 4) is 11.5 Å². The van der Waals surface area contributed by atoms with E-state index in [2.05, 4.69) is 15.3 Å². The SMILES string of the molecule is COc1ccc(NC(=O)CSc2nc3ccc([N+](=O)[O-])cc3[nH]2)c(OC)c1. The third kappa shape index (κ3) is 4.29. The number of nitro benzene ring substituents is 1. The molecule has 0 bridgehead atoms. The van der Waals surface area contributed by atoms with Crippen LogP contribution in [0, 0.1) is 10.1 Å². The minimum atomic E-state index is -0.469. The van der Waals surface area contributed by atoms with Gasteiger partial charge in [-0.25, -0.2) is 4.98 Å². The second kappa shape index (κ2) is 7.96. The molecule has 0 fully saturated rings. The number of nitro groups is 1. The van der Waals surface area contributed by atoms with Gasteiger partial charge in [0, 0.05) is 18.2 Å². The fourth-order valence-corrected chi connectivity index (χ4v) is 3.06. The number of non-ortho nitro benzene ring substituents is 1. The Labute approximate surface area is 158 Å². The van der Waals surface area contributed by atoms with E-state index in [4.69, 9.17) is 9.47 Å². The molecule has 0 spiro atoms. The van der Waals surface area contributed by atoms with Gasteiger partial charge in [-0.15, -0.1) is 0 Å². The van der Waals surface area contributed by atoms with Crippen LogP contribution in [0.2, 0.25) is 0 Å². The van der Waals surface area contributed by atoms with E-state index in [1.54, 1.807) is 31.4 Å². The number of aromatic amines is 1. The maximum Gasteiger partial charge on any atom is 0.271 e. The van der Waals surface area contributed by atoms with Crippen molar-refractivity contribution in [2.45, 2.75) is 5.16 Å². The zero-order valence-electron chi connectivity index (χ0n) is 14.5. The van der Waals surface area contributed by atoms with Crippen molar-refractivity contribution in [3.63, 3.8) is 0 Å². The van der Waals surface area contributed by atoms with E-state index in [0.29, 0.717) is 33.4 Å². The van der Waals surface area contributed by atoms with Gasteiger partial charge in [-0.05, 0) is 18.2 Å². The van der Waals surface area contributed by atoms with Crippen LogP contribution in [0.25, 0.3) is 11.0 Å². The van der Waals surface area contributed by atoms with Gasteiger partial charge < -0.3 is 19.8 Å². The lowest BCUT2D eigenvalue weighted by Crippen LogP contribution is -2.14. The highest BCUT2D eigenvalue weighted by Crippen LogP contribution is 2.29. The number of rotatable bonds is 7. The number of nitrogens with zero attached hydrogens (tertiary/aromatic N) is 2. The number of carbonyl (C=O) groups is 1. The number of imidazole rings is 1. The van der Waals surface area contributed by atoms with Crippen LogP contribution in [0.1, 0.15) is 0 Å². The fraction of sp³-hybridized carbons (Fsp3) is 0.176. The van der Waals surface area contributed by atoms with Crippen LogP contribution in [-0.4, -0.2) is 40.8 Å². The molecule has 0 atom stereocenters. The minimum Gasteiger partial charge on any atom is -0.497 e. The molecule has 140 valence electrons. The van der Waals surface area contributed by atoms with Crippen molar-refractivity contribution in [2.75, 3.05) is 25.3 Å². The molecule has 27 heavy (non-hydrogen) atoms. The molecular formula is C17H16N4O5S. The van der Waals surface area contributed by atoms with E-state index in [1.807, 2.05) is 0 Å². The van der Waals surface area contributed by atoms with E-state index >= 15 is 0 Å². The predicted octanol–water partition coefficient (Wildman–Crippen LogP) is 3.22. The molecule has 0 saturated heterocycles. The summed E-state index contributed by atoms with van der Waals surface area (Å²) in [5.41, 5.74) is 1.65. The number of H-pyrrole nitrogens is 1. The average Bonchev–Trinajstić information content (AvgIpc) is 3.08. The molecule has 9 nitrogen and oxygen atoms in total. The number of fused-ring (bicyclic) bond motifs is 1. The highest BCUT2D eigenvalue weighted by atomic mass is 32.2. The number of carbonyl (C=O) groups excluding carboxylic acids is 1. The first-order valence-electron chi connectivity index (χ1n) is 7.79. The second-order valence-corrected chi connectivity index (χ2v) is 6.37. The quantitative estimate of drug-likeness (QED) is 0.362. The van der Waals surface area contributed by atoms with E-state index in [0.717, 1.165) is 0 Å². The van der Waals surface area contributed by atoms with Crippen molar-refractivity contribution in [1.82, 2.24) is 9.97 Å². The lowest BCUT2D eigenvalue weighted by atomic mass is 10.2. The Kier molecular flexibility index (Phi) is 5.46. The lowest BCUT2D eigenvalue weighted by Gasteiger charge is -2.11. The number of nitrogens with one attached hydrogen (secondary N) is 2. The van der Waals surface area contributed by atoms with Gasteiger partial charge in [0.25, 0.3) is 5.69 Å². The largest absolute Gasteiger partial charge is 0.497 e. The zero-order valence-corrected chi connectivity index (χ0v) is 15.3. The highest BCUT2D eigenvalue weighted by Gasteiger charge is 2.13. The van der Waals surface area contributed by atoms with E-state index < -0.39 is 4.92 Å². The van der Waals surface area contributed by atoms with Crippen LogP contribution >= 0.6 is 11.8 Å². The number of hydrogen-bond acceptors (Lipinski definition) is 7. The van der Waals surface area contributed by atoms with Crippen LogP contribution in [0.4, 0.5) is 11.4 Å². The predicted molar refractivity (Wildman–Crippen MR) is 102 cm³/mol. The van der Waals surface area contributed by atoms with Crippen molar-refractivity contribution in [2.24, 2.45) is 0 Å². The summed E-state index contributed by atoms with van der Waals surface area (Å²) in [6.07, 6.45) is 0. The molecule has 0 radical (unpaired) electrons. The number of benzene rings is 2. The third-order valence-electron chi connectivity index (χ3n) is 3.68. The number of methoxy groups -OCH3 is 2. The number of hydrogen-bond donors (Lipinski definition) is 2. The molecule has 0 aliphatic heterocycles. The average molecular weight is 388 g/mol. The zero-order chi connectivity index (χ0) is 19.4. The lowest BCUT2D eigenvalue weighted by molar-refractivity contribution is -0.384. The molecule has 0 aliphatic carbocycles. The van der Waals surface area contributed by atoms with Gasteiger partial charge in [0.2, 0.25) is 5.91 Å². The summed E-state index contributed by atoms with van der Waals surface area (Å²) in [6, 6.07) is 9.46.